The molecule has 2 atom stereocenters. The minimum absolute atomic E-state index is 0.0837. The van der Waals surface area contributed by atoms with Gasteiger partial charge in [-0.3, -0.25) is 4.79 Å². The Morgan fingerprint density at radius 2 is 1.58 bits per heavy atom. The molecule has 0 aliphatic heterocycles. The minimum atomic E-state index is -1.34. The number of rotatable bonds is 8. The fraction of sp³-hybridized carbons (Fsp3) is 0.423. The van der Waals surface area contributed by atoms with Gasteiger partial charge in [0.05, 0.1) is 0 Å². The molecule has 4 rings (SSSR count). The zero-order valence-corrected chi connectivity index (χ0v) is 19.1. The van der Waals surface area contributed by atoms with Crippen LogP contribution in [0, 0.1) is 11.8 Å². The zero-order valence-electron chi connectivity index (χ0n) is 19.1. The summed E-state index contributed by atoms with van der Waals surface area (Å²) in [5, 5.41) is 14.9. The molecule has 33 heavy (non-hydrogen) atoms. The van der Waals surface area contributed by atoms with E-state index in [1.165, 1.54) is 6.92 Å². The Morgan fingerprint density at radius 3 is 2.06 bits per heavy atom. The Balaban J connectivity index is 1.42. The number of amides is 2. The van der Waals surface area contributed by atoms with Crippen LogP contribution in [0.25, 0.3) is 11.1 Å². The standard InChI is InChI=1S/C26H30N2O5/c1-15(2)22(23(29)28-26(3,24(30)31)16-12-13-16)27-25(32)33-14-21-19-10-6-4-8-17(19)18-9-5-7-11-20(18)21/h4-11,15-16,21-22H,12-14H2,1-3H3,(H,27,32)(H,28,29)(H,30,31)/t22-,26?/m0/s1. The number of fused-ring (bicyclic) bond motifs is 3. The third kappa shape index (κ3) is 4.45. The van der Waals surface area contributed by atoms with Crippen molar-refractivity contribution in [2.75, 3.05) is 6.61 Å². The van der Waals surface area contributed by atoms with Crippen molar-refractivity contribution < 1.29 is 24.2 Å². The highest BCUT2D eigenvalue weighted by Crippen LogP contribution is 2.44. The molecule has 0 saturated heterocycles. The van der Waals surface area contributed by atoms with Crippen molar-refractivity contribution in [3.8, 4) is 11.1 Å². The van der Waals surface area contributed by atoms with Gasteiger partial charge in [-0.2, -0.15) is 0 Å². The Hall–Kier alpha value is -3.35. The third-order valence-electron chi connectivity index (χ3n) is 6.79. The first-order valence-electron chi connectivity index (χ1n) is 11.4. The van der Waals surface area contributed by atoms with Crippen LogP contribution in [-0.2, 0) is 14.3 Å². The van der Waals surface area contributed by atoms with E-state index in [1.54, 1.807) is 13.8 Å². The Morgan fingerprint density at radius 1 is 1.03 bits per heavy atom. The van der Waals surface area contributed by atoms with Crippen LogP contribution in [0.5, 0.6) is 0 Å². The molecule has 7 nitrogen and oxygen atoms in total. The van der Waals surface area contributed by atoms with Crippen LogP contribution >= 0.6 is 0 Å². The van der Waals surface area contributed by atoms with Crippen molar-refractivity contribution in [1.29, 1.82) is 0 Å². The Bertz CT molecular complexity index is 1030. The molecule has 174 valence electrons. The average molecular weight is 451 g/mol. The number of benzene rings is 2. The number of carboxylic acids is 1. The highest BCUT2D eigenvalue weighted by Gasteiger charge is 2.49. The first kappa shape index (κ1) is 22.8. The summed E-state index contributed by atoms with van der Waals surface area (Å²) >= 11 is 0. The molecule has 0 bridgehead atoms. The molecule has 1 fully saturated rings. The molecule has 0 spiro atoms. The number of carboxylic acid groups (broad SMARTS) is 1. The number of carbonyl (C=O) groups excluding carboxylic acids is 2. The third-order valence-corrected chi connectivity index (χ3v) is 6.79. The predicted octanol–water partition coefficient (Wildman–Crippen LogP) is 3.92. The number of carbonyl (C=O) groups is 3. The molecule has 0 aromatic heterocycles. The van der Waals surface area contributed by atoms with Crippen LogP contribution in [0.2, 0.25) is 0 Å². The van der Waals surface area contributed by atoms with Crippen LogP contribution in [0.15, 0.2) is 48.5 Å². The van der Waals surface area contributed by atoms with Crippen LogP contribution < -0.4 is 10.6 Å². The van der Waals surface area contributed by atoms with E-state index >= 15 is 0 Å². The fourth-order valence-corrected chi connectivity index (χ4v) is 4.63. The number of ether oxygens (including phenoxy) is 1. The highest BCUT2D eigenvalue weighted by atomic mass is 16.5. The number of alkyl carbamates (subject to hydrolysis) is 1. The number of hydrogen-bond donors (Lipinski definition) is 3. The van der Waals surface area contributed by atoms with Gasteiger partial charge in [-0.15, -0.1) is 0 Å². The topological polar surface area (TPSA) is 105 Å². The molecule has 2 aromatic carbocycles. The summed E-state index contributed by atoms with van der Waals surface area (Å²) < 4.78 is 5.56. The summed E-state index contributed by atoms with van der Waals surface area (Å²) in [6.45, 7) is 5.25. The maximum atomic E-state index is 12.9. The second-order valence-corrected chi connectivity index (χ2v) is 9.46. The second-order valence-electron chi connectivity index (χ2n) is 9.46. The van der Waals surface area contributed by atoms with Gasteiger partial charge in [0.25, 0.3) is 0 Å². The van der Waals surface area contributed by atoms with Gasteiger partial charge in [0, 0.05) is 5.92 Å². The molecule has 2 amide bonds. The molecule has 0 radical (unpaired) electrons. The van der Waals surface area contributed by atoms with Crippen LogP contribution in [0.4, 0.5) is 4.79 Å². The van der Waals surface area contributed by atoms with E-state index in [0.29, 0.717) is 0 Å². The Kier molecular flexibility index (Phi) is 6.15. The lowest BCUT2D eigenvalue weighted by Crippen LogP contribution is -2.60. The second kappa shape index (κ2) is 8.89. The van der Waals surface area contributed by atoms with Gasteiger partial charge in [0.1, 0.15) is 18.2 Å². The lowest BCUT2D eigenvalue weighted by atomic mass is 9.94. The van der Waals surface area contributed by atoms with Crippen molar-refractivity contribution in [3.05, 3.63) is 59.7 Å². The summed E-state index contributed by atoms with van der Waals surface area (Å²) in [5.41, 5.74) is 3.13. The SMILES string of the molecule is CC(C)[C@H](NC(=O)OCC1c2ccccc2-c2ccccc21)C(=O)NC(C)(C(=O)O)C1CC1. The van der Waals surface area contributed by atoms with Crippen molar-refractivity contribution >= 4 is 18.0 Å². The van der Waals surface area contributed by atoms with Crippen LogP contribution in [0.3, 0.4) is 0 Å². The number of nitrogens with one attached hydrogen (secondary N) is 2. The Labute approximate surface area is 193 Å². The summed E-state index contributed by atoms with van der Waals surface area (Å²) in [6, 6.07) is 15.2. The monoisotopic (exact) mass is 450 g/mol. The smallest absolute Gasteiger partial charge is 0.407 e. The van der Waals surface area contributed by atoms with E-state index in [0.717, 1.165) is 35.1 Å². The molecule has 2 aliphatic carbocycles. The number of hydrogen-bond acceptors (Lipinski definition) is 4. The van der Waals surface area contributed by atoms with Gasteiger partial charge in [-0.25, -0.2) is 9.59 Å². The molecule has 2 aromatic rings. The molecule has 1 saturated carbocycles. The van der Waals surface area contributed by atoms with Gasteiger partial charge >= 0.3 is 12.1 Å². The van der Waals surface area contributed by atoms with Gasteiger partial charge in [-0.1, -0.05) is 62.4 Å². The molecular formula is C26H30N2O5. The maximum absolute atomic E-state index is 12.9. The minimum Gasteiger partial charge on any atom is -0.480 e. The van der Waals surface area contributed by atoms with E-state index in [2.05, 4.69) is 22.8 Å². The van der Waals surface area contributed by atoms with Crippen molar-refractivity contribution in [1.82, 2.24) is 10.6 Å². The normalized spacial score (nSPS) is 17.5. The molecule has 0 heterocycles. The summed E-state index contributed by atoms with van der Waals surface area (Å²) in [7, 11) is 0. The van der Waals surface area contributed by atoms with Crippen molar-refractivity contribution in [2.45, 2.75) is 51.1 Å². The van der Waals surface area contributed by atoms with E-state index < -0.39 is 29.6 Å². The lowest BCUT2D eigenvalue weighted by Gasteiger charge is -2.30. The molecular weight excluding hydrogens is 420 g/mol. The zero-order chi connectivity index (χ0) is 23.8. The first-order chi connectivity index (χ1) is 15.7. The number of aliphatic carboxylic acids is 1. The van der Waals surface area contributed by atoms with Crippen molar-refractivity contribution in [3.63, 3.8) is 0 Å². The maximum Gasteiger partial charge on any atom is 0.407 e. The van der Waals surface area contributed by atoms with E-state index in [1.807, 2.05) is 36.4 Å². The van der Waals surface area contributed by atoms with E-state index in [4.69, 9.17) is 4.74 Å². The molecule has 2 aliphatic rings. The quantitative estimate of drug-likeness (QED) is 0.565. The summed E-state index contributed by atoms with van der Waals surface area (Å²) in [6.07, 6.45) is 0.818. The van der Waals surface area contributed by atoms with Gasteiger partial charge in [0.2, 0.25) is 5.91 Å². The van der Waals surface area contributed by atoms with Crippen LogP contribution in [0.1, 0.15) is 50.7 Å². The van der Waals surface area contributed by atoms with Crippen molar-refractivity contribution in [2.24, 2.45) is 11.8 Å². The largest absolute Gasteiger partial charge is 0.480 e. The lowest BCUT2D eigenvalue weighted by molar-refractivity contribution is -0.148. The molecule has 3 N–H and O–H groups in total. The molecule has 7 heteroatoms. The average Bonchev–Trinajstić information content (AvgIpc) is 3.59. The fourth-order valence-electron chi connectivity index (χ4n) is 4.63. The van der Waals surface area contributed by atoms with Gasteiger partial charge in [0.15, 0.2) is 0 Å². The van der Waals surface area contributed by atoms with E-state index in [9.17, 15) is 19.5 Å². The van der Waals surface area contributed by atoms with Crippen LogP contribution in [-0.4, -0.2) is 41.3 Å². The van der Waals surface area contributed by atoms with Gasteiger partial charge in [-0.05, 0) is 53.9 Å². The first-order valence-corrected chi connectivity index (χ1v) is 11.4. The van der Waals surface area contributed by atoms with Gasteiger partial charge < -0.3 is 20.5 Å². The molecule has 1 unspecified atom stereocenters. The summed E-state index contributed by atoms with van der Waals surface area (Å²) in [4.78, 5) is 37.4. The summed E-state index contributed by atoms with van der Waals surface area (Å²) in [5.74, 6) is -2.01. The van der Waals surface area contributed by atoms with E-state index in [-0.39, 0.29) is 24.4 Å². The highest BCUT2D eigenvalue weighted by molar-refractivity contribution is 5.91. The predicted molar refractivity (Wildman–Crippen MR) is 124 cm³/mol.